The first-order valence-corrected chi connectivity index (χ1v) is 8.66. The van der Waals surface area contributed by atoms with Crippen LogP contribution in [0.25, 0.3) is 0 Å². The molecule has 0 radical (unpaired) electrons. The van der Waals surface area contributed by atoms with E-state index in [0.29, 0.717) is 19.6 Å². The van der Waals surface area contributed by atoms with Gasteiger partial charge in [-0.1, -0.05) is 12.1 Å². The molecule has 114 valence electrons. The van der Waals surface area contributed by atoms with Crippen LogP contribution in [0.4, 0.5) is 0 Å². The van der Waals surface area contributed by atoms with Gasteiger partial charge in [-0.15, -0.1) is 0 Å². The lowest BCUT2D eigenvalue weighted by atomic mass is 10.2. The highest BCUT2D eigenvalue weighted by atomic mass is 32.2. The van der Waals surface area contributed by atoms with Gasteiger partial charge in [0.1, 0.15) is 15.6 Å². The molecule has 0 heterocycles. The van der Waals surface area contributed by atoms with Gasteiger partial charge >= 0.3 is 0 Å². The molecule has 0 spiro atoms. The molecule has 0 aliphatic rings. The van der Waals surface area contributed by atoms with Crippen LogP contribution in [0.2, 0.25) is 0 Å². The molecule has 0 fully saturated rings. The lowest BCUT2D eigenvalue weighted by molar-refractivity contribution is 0.199. The Balaban J connectivity index is 2.32. The van der Waals surface area contributed by atoms with Gasteiger partial charge in [-0.3, -0.25) is 0 Å². The van der Waals surface area contributed by atoms with Crippen molar-refractivity contribution in [2.75, 3.05) is 38.9 Å². The minimum absolute atomic E-state index is 0.158. The van der Waals surface area contributed by atoms with Crippen LogP contribution in [-0.4, -0.2) is 47.3 Å². The molecule has 1 N–H and O–H groups in total. The molecule has 0 bridgehead atoms. The monoisotopic (exact) mass is 301 g/mol. The summed E-state index contributed by atoms with van der Waals surface area (Å²) in [6.07, 6.45) is 1.74. The van der Waals surface area contributed by atoms with Crippen molar-refractivity contribution in [1.82, 2.24) is 5.32 Å². The molecule has 1 aromatic rings. The van der Waals surface area contributed by atoms with E-state index in [-0.39, 0.29) is 5.75 Å². The fraction of sp³-hybridized carbons (Fsp3) is 0.571. The second-order valence-corrected chi connectivity index (χ2v) is 6.91. The quantitative estimate of drug-likeness (QED) is 0.659. The van der Waals surface area contributed by atoms with Crippen molar-refractivity contribution in [3.8, 4) is 5.75 Å². The van der Waals surface area contributed by atoms with Crippen molar-refractivity contribution in [2.45, 2.75) is 13.0 Å². The highest BCUT2D eigenvalue weighted by Gasteiger charge is 2.02. The molecule has 0 aliphatic heterocycles. The number of methoxy groups -OCH3 is 1. The Morgan fingerprint density at radius 1 is 1.25 bits per heavy atom. The first kappa shape index (κ1) is 16.9. The van der Waals surface area contributed by atoms with Gasteiger partial charge in [0.15, 0.2) is 0 Å². The zero-order chi connectivity index (χ0) is 14.8. The van der Waals surface area contributed by atoms with E-state index >= 15 is 0 Å². The molecule has 0 aromatic heterocycles. The second kappa shape index (κ2) is 8.94. The summed E-state index contributed by atoms with van der Waals surface area (Å²) in [4.78, 5) is 0. The van der Waals surface area contributed by atoms with E-state index in [1.807, 2.05) is 24.3 Å². The van der Waals surface area contributed by atoms with Crippen molar-refractivity contribution >= 4 is 9.84 Å². The topological polar surface area (TPSA) is 64.6 Å². The SMILES string of the molecule is COCCNCc1cccc(OCCCS(C)(=O)=O)c1. The Kier molecular flexibility index (Phi) is 7.58. The second-order valence-electron chi connectivity index (χ2n) is 4.65. The maximum absolute atomic E-state index is 11.0. The van der Waals surface area contributed by atoms with E-state index in [2.05, 4.69) is 5.32 Å². The average Bonchev–Trinajstić information content (AvgIpc) is 2.39. The Bertz CT molecular complexity index is 488. The number of rotatable bonds is 10. The minimum atomic E-state index is -2.91. The summed E-state index contributed by atoms with van der Waals surface area (Å²) < 4.78 is 32.5. The van der Waals surface area contributed by atoms with Crippen molar-refractivity contribution in [2.24, 2.45) is 0 Å². The van der Waals surface area contributed by atoms with E-state index in [1.165, 1.54) is 6.26 Å². The third-order valence-electron chi connectivity index (χ3n) is 2.64. The van der Waals surface area contributed by atoms with Gasteiger partial charge in [0.05, 0.1) is 19.0 Å². The molecule has 20 heavy (non-hydrogen) atoms. The summed E-state index contributed by atoms with van der Waals surface area (Å²) in [5.41, 5.74) is 1.13. The number of hydrogen-bond acceptors (Lipinski definition) is 5. The first-order chi connectivity index (χ1) is 9.51. The standard InChI is InChI=1S/C14H23NO4S/c1-18-9-7-15-12-13-5-3-6-14(11-13)19-8-4-10-20(2,16)17/h3,5-6,11,15H,4,7-10,12H2,1-2H3. The Labute approximate surface area is 121 Å². The normalized spacial score (nSPS) is 11.5. The molecule has 0 aliphatic carbocycles. The fourth-order valence-electron chi connectivity index (χ4n) is 1.66. The smallest absolute Gasteiger partial charge is 0.147 e. The van der Waals surface area contributed by atoms with Crippen LogP contribution in [0.5, 0.6) is 5.75 Å². The van der Waals surface area contributed by atoms with E-state index in [9.17, 15) is 8.42 Å². The summed E-state index contributed by atoms with van der Waals surface area (Å²) in [5.74, 6) is 0.926. The summed E-state index contributed by atoms with van der Waals surface area (Å²) >= 11 is 0. The lowest BCUT2D eigenvalue weighted by Gasteiger charge is -2.08. The molecule has 0 unspecified atom stereocenters. The van der Waals surface area contributed by atoms with Crippen molar-refractivity contribution in [3.63, 3.8) is 0 Å². The van der Waals surface area contributed by atoms with Crippen molar-refractivity contribution in [3.05, 3.63) is 29.8 Å². The first-order valence-electron chi connectivity index (χ1n) is 6.60. The molecule has 6 heteroatoms. The van der Waals surface area contributed by atoms with Crippen LogP contribution in [-0.2, 0) is 21.1 Å². The third-order valence-corrected chi connectivity index (χ3v) is 3.67. The highest BCUT2D eigenvalue weighted by Crippen LogP contribution is 2.13. The number of hydrogen-bond donors (Lipinski definition) is 1. The molecule has 5 nitrogen and oxygen atoms in total. The van der Waals surface area contributed by atoms with Crippen molar-refractivity contribution < 1.29 is 17.9 Å². The molecule has 0 saturated heterocycles. The Hall–Kier alpha value is -1.11. The van der Waals surface area contributed by atoms with Crippen LogP contribution >= 0.6 is 0 Å². The minimum Gasteiger partial charge on any atom is -0.494 e. The third kappa shape index (κ3) is 8.14. The molecule has 0 saturated carbocycles. The summed E-state index contributed by atoms with van der Waals surface area (Å²) in [7, 11) is -1.23. The van der Waals surface area contributed by atoms with Crippen LogP contribution in [0.15, 0.2) is 24.3 Å². The maximum Gasteiger partial charge on any atom is 0.147 e. The molecular formula is C14H23NO4S. The summed E-state index contributed by atoms with van der Waals surface area (Å²) in [5, 5.41) is 3.26. The molecular weight excluding hydrogens is 278 g/mol. The van der Waals surface area contributed by atoms with Gasteiger partial charge in [0.25, 0.3) is 0 Å². The van der Waals surface area contributed by atoms with Gasteiger partial charge in [0.2, 0.25) is 0 Å². The van der Waals surface area contributed by atoms with E-state index in [4.69, 9.17) is 9.47 Å². The predicted molar refractivity (Wildman–Crippen MR) is 79.8 cm³/mol. The van der Waals surface area contributed by atoms with Gasteiger partial charge in [0, 0.05) is 26.5 Å². The van der Waals surface area contributed by atoms with Gasteiger partial charge in [-0.25, -0.2) is 8.42 Å². The van der Waals surface area contributed by atoms with E-state index < -0.39 is 9.84 Å². The van der Waals surface area contributed by atoms with Crippen LogP contribution in [0.1, 0.15) is 12.0 Å². The van der Waals surface area contributed by atoms with Crippen LogP contribution < -0.4 is 10.1 Å². The van der Waals surface area contributed by atoms with Crippen molar-refractivity contribution in [1.29, 1.82) is 0 Å². The summed E-state index contributed by atoms with van der Waals surface area (Å²) in [6.45, 7) is 2.65. The predicted octanol–water partition coefficient (Wildman–Crippen LogP) is 1.24. The highest BCUT2D eigenvalue weighted by molar-refractivity contribution is 7.90. The maximum atomic E-state index is 11.0. The molecule has 0 amide bonds. The lowest BCUT2D eigenvalue weighted by Crippen LogP contribution is -2.18. The molecule has 1 aromatic carbocycles. The number of sulfone groups is 1. The van der Waals surface area contributed by atoms with Gasteiger partial charge in [-0.05, 0) is 24.1 Å². The Morgan fingerprint density at radius 3 is 2.75 bits per heavy atom. The summed E-state index contributed by atoms with van der Waals surface area (Å²) in [6, 6.07) is 7.78. The van der Waals surface area contributed by atoms with Gasteiger partial charge in [-0.2, -0.15) is 0 Å². The number of benzene rings is 1. The van der Waals surface area contributed by atoms with Crippen LogP contribution in [0, 0.1) is 0 Å². The number of ether oxygens (including phenoxy) is 2. The number of nitrogens with one attached hydrogen (secondary N) is 1. The zero-order valence-corrected chi connectivity index (χ0v) is 12.9. The van der Waals surface area contributed by atoms with E-state index in [0.717, 1.165) is 24.4 Å². The average molecular weight is 301 g/mol. The fourth-order valence-corrected chi connectivity index (χ4v) is 2.31. The molecule has 0 atom stereocenters. The van der Waals surface area contributed by atoms with E-state index in [1.54, 1.807) is 7.11 Å². The Morgan fingerprint density at radius 2 is 2.05 bits per heavy atom. The van der Waals surface area contributed by atoms with Gasteiger partial charge < -0.3 is 14.8 Å². The molecule has 1 rings (SSSR count). The largest absolute Gasteiger partial charge is 0.494 e. The van der Waals surface area contributed by atoms with Crippen LogP contribution in [0.3, 0.4) is 0 Å². The zero-order valence-electron chi connectivity index (χ0n) is 12.1.